The number of nitrogens with one attached hydrogen (secondary N) is 2. The molecule has 36 heavy (non-hydrogen) atoms. The number of hydrogen-bond donors (Lipinski definition) is 2. The number of carbonyl (C=O) groups excluding carboxylic acids is 4. The first kappa shape index (κ1) is 23.7. The highest BCUT2D eigenvalue weighted by atomic mass is 19.1. The third-order valence-electron chi connectivity index (χ3n) is 7.23. The topological polar surface area (TPSA) is 121 Å². The van der Waals surface area contributed by atoms with Crippen molar-refractivity contribution in [1.82, 2.24) is 20.1 Å². The second-order valence-electron chi connectivity index (χ2n) is 9.32. The Labute approximate surface area is 206 Å². The van der Waals surface area contributed by atoms with Crippen LogP contribution < -0.4 is 10.6 Å². The summed E-state index contributed by atoms with van der Waals surface area (Å²) in [7, 11) is 1.51. The average molecular weight is 496 g/mol. The summed E-state index contributed by atoms with van der Waals surface area (Å²) in [5.74, 6) is -1.56. The predicted molar refractivity (Wildman–Crippen MR) is 125 cm³/mol. The molecule has 5 rings (SSSR count). The summed E-state index contributed by atoms with van der Waals surface area (Å²) in [6, 6.07) is 7.10. The second-order valence-corrected chi connectivity index (χ2v) is 9.32. The fraction of sp³-hybridized carbons (Fsp3) is 0.400. The molecule has 1 spiro atoms. The molecule has 0 saturated carbocycles. The van der Waals surface area contributed by atoms with Crippen molar-refractivity contribution in [2.45, 2.75) is 50.3 Å². The third kappa shape index (κ3) is 3.84. The van der Waals surface area contributed by atoms with Crippen molar-refractivity contribution in [3.05, 3.63) is 59.2 Å². The van der Waals surface area contributed by atoms with Crippen LogP contribution >= 0.6 is 0 Å². The molecule has 11 heteroatoms. The van der Waals surface area contributed by atoms with E-state index >= 15 is 0 Å². The van der Waals surface area contributed by atoms with Gasteiger partial charge in [0.1, 0.15) is 6.54 Å². The van der Waals surface area contributed by atoms with E-state index in [4.69, 9.17) is 4.74 Å². The molecular formula is C25H26FN5O5. The van der Waals surface area contributed by atoms with Gasteiger partial charge in [0.2, 0.25) is 17.5 Å². The zero-order chi connectivity index (χ0) is 25.6. The van der Waals surface area contributed by atoms with Crippen LogP contribution in [-0.4, -0.2) is 58.4 Å². The molecule has 0 bridgehead atoms. The van der Waals surface area contributed by atoms with Crippen LogP contribution in [0.1, 0.15) is 48.9 Å². The number of aryl methyl sites for hydroxylation is 1. The summed E-state index contributed by atoms with van der Waals surface area (Å²) >= 11 is 0. The quantitative estimate of drug-likeness (QED) is 0.630. The molecule has 2 aromatic rings. The number of imide groups is 1. The molecule has 1 unspecified atom stereocenters. The number of fused-ring (bicyclic) bond motifs is 2. The summed E-state index contributed by atoms with van der Waals surface area (Å²) in [5.41, 5.74) is 1.12. The van der Waals surface area contributed by atoms with Gasteiger partial charge in [0.25, 0.3) is 5.91 Å². The summed E-state index contributed by atoms with van der Waals surface area (Å²) in [5, 5.41) is 5.16. The van der Waals surface area contributed by atoms with Crippen LogP contribution in [0.3, 0.4) is 0 Å². The number of urea groups is 1. The minimum atomic E-state index is -1.48. The van der Waals surface area contributed by atoms with Crippen molar-refractivity contribution in [3.8, 4) is 0 Å². The van der Waals surface area contributed by atoms with Gasteiger partial charge in [-0.15, -0.1) is 0 Å². The predicted octanol–water partition coefficient (Wildman–Crippen LogP) is 2.84. The lowest BCUT2D eigenvalue weighted by molar-refractivity contribution is -0.143. The Morgan fingerprint density at radius 1 is 1.22 bits per heavy atom. The van der Waals surface area contributed by atoms with Gasteiger partial charge in [-0.3, -0.25) is 9.59 Å². The van der Waals surface area contributed by atoms with Crippen molar-refractivity contribution in [1.29, 1.82) is 0 Å². The number of pyridine rings is 1. The number of carbonyl (C=O) groups is 4. The Morgan fingerprint density at radius 3 is 2.75 bits per heavy atom. The molecule has 1 aromatic carbocycles. The Kier molecular flexibility index (Phi) is 5.85. The number of nitrogens with zero attached hydrogens (tertiary/aromatic N) is 3. The number of amides is 5. The number of likely N-dealkylation sites (tertiary alicyclic amines) is 1. The standard InChI is InChI=1S/C25H26FN5O5/c1-14-3-7-19(16-4-8-20(26)28-12-16)31(14)21(32)13-30-22(33)25(36-24(30)35)10-9-15-11-17(5-6-18(15)25)29-23(34)27-2/h4-6,8,11-12,14,19H,3,7,9-10,13H2,1-2H3,(H2,27,29,34)/t14-,19-,25?/m1/s1. The number of aromatic nitrogens is 1. The molecule has 188 valence electrons. The first-order chi connectivity index (χ1) is 17.2. The van der Waals surface area contributed by atoms with Crippen LogP contribution in [0.2, 0.25) is 0 Å². The van der Waals surface area contributed by atoms with E-state index in [1.165, 1.54) is 19.3 Å². The molecule has 2 saturated heterocycles. The lowest BCUT2D eigenvalue weighted by Gasteiger charge is -2.30. The fourth-order valence-electron chi connectivity index (χ4n) is 5.46. The maximum absolute atomic E-state index is 13.5. The summed E-state index contributed by atoms with van der Waals surface area (Å²) in [6.45, 7) is 1.46. The fourth-order valence-corrected chi connectivity index (χ4v) is 5.46. The van der Waals surface area contributed by atoms with E-state index in [9.17, 15) is 23.6 Å². The molecule has 3 aliphatic rings. The highest BCUT2D eigenvalue weighted by Gasteiger charge is 2.58. The monoisotopic (exact) mass is 495 g/mol. The zero-order valence-corrected chi connectivity index (χ0v) is 19.9. The SMILES string of the molecule is CNC(=O)Nc1ccc2c(c1)CCC21OC(=O)N(CC(=O)N2[C@H](C)CC[C@@H]2c2ccc(F)nc2)C1=O. The number of rotatable bonds is 4. The molecule has 2 N–H and O–H groups in total. The summed E-state index contributed by atoms with van der Waals surface area (Å²) < 4.78 is 18.9. The second kappa shape index (κ2) is 8.89. The van der Waals surface area contributed by atoms with Crippen molar-refractivity contribution < 1.29 is 28.3 Å². The molecule has 1 aliphatic carbocycles. The Hall–Kier alpha value is -4.02. The molecule has 5 amide bonds. The number of benzene rings is 1. The van der Waals surface area contributed by atoms with Crippen molar-refractivity contribution in [3.63, 3.8) is 0 Å². The van der Waals surface area contributed by atoms with Crippen molar-refractivity contribution in [2.75, 3.05) is 18.9 Å². The Bertz CT molecular complexity index is 1250. The van der Waals surface area contributed by atoms with Crippen LogP contribution in [0.25, 0.3) is 0 Å². The maximum atomic E-state index is 13.5. The minimum absolute atomic E-state index is 0.117. The van der Waals surface area contributed by atoms with Gasteiger partial charge in [-0.05, 0) is 55.5 Å². The van der Waals surface area contributed by atoms with Crippen molar-refractivity contribution in [2.24, 2.45) is 0 Å². The van der Waals surface area contributed by atoms with Gasteiger partial charge in [0.15, 0.2) is 0 Å². The van der Waals surface area contributed by atoms with Gasteiger partial charge in [0.05, 0.1) is 6.04 Å². The van der Waals surface area contributed by atoms with E-state index in [0.29, 0.717) is 29.7 Å². The molecule has 3 heterocycles. The number of halogens is 1. The smallest absolute Gasteiger partial charge is 0.418 e. The van der Waals surface area contributed by atoms with Gasteiger partial charge in [-0.1, -0.05) is 12.1 Å². The molecule has 2 aliphatic heterocycles. The van der Waals surface area contributed by atoms with Crippen LogP contribution in [-0.2, 0) is 26.3 Å². The van der Waals surface area contributed by atoms with E-state index in [0.717, 1.165) is 16.9 Å². The van der Waals surface area contributed by atoms with E-state index < -0.39 is 30.1 Å². The lowest BCUT2D eigenvalue weighted by Crippen LogP contribution is -2.46. The van der Waals surface area contributed by atoms with E-state index in [1.807, 2.05) is 6.92 Å². The van der Waals surface area contributed by atoms with E-state index in [-0.39, 0.29) is 30.4 Å². The molecule has 2 fully saturated rings. The molecule has 3 atom stereocenters. The van der Waals surface area contributed by atoms with Gasteiger partial charge < -0.3 is 20.3 Å². The highest BCUT2D eigenvalue weighted by Crippen LogP contribution is 2.46. The highest BCUT2D eigenvalue weighted by molar-refractivity contribution is 6.06. The number of anilines is 1. The van der Waals surface area contributed by atoms with Crippen molar-refractivity contribution >= 4 is 29.6 Å². The number of ether oxygens (including phenoxy) is 1. The molecule has 10 nitrogen and oxygen atoms in total. The first-order valence-electron chi connectivity index (χ1n) is 11.8. The number of hydrogen-bond acceptors (Lipinski definition) is 6. The van der Waals surface area contributed by atoms with Gasteiger partial charge >= 0.3 is 12.1 Å². The van der Waals surface area contributed by atoms with Gasteiger partial charge in [0, 0.05) is 37.0 Å². The third-order valence-corrected chi connectivity index (χ3v) is 7.23. The van der Waals surface area contributed by atoms with Crippen LogP contribution in [0.4, 0.5) is 19.7 Å². The zero-order valence-electron chi connectivity index (χ0n) is 19.9. The van der Waals surface area contributed by atoms with Crippen LogP contribution in [0.5, 0.6) is 0 Å². The minimum Gasteiger partial charge on any atom is -0.427 e. The lowest BCUT2D eigenvalue weighted by atomic mass is 9.94. The van der Waals surface area contributed by atoms with Gasteiger partial charge in [-0.25, -0.2) is 19.5 Å². The molecule has 0 radical (unpaired) electrons. The van der Waals surface area contributed by atoms with Crippen LogP contribution in [0.15, 0.2) is 36.5 Å². The van der Waals surface area contributed by atoms with E-state index in [2.05, 4.69) is 15.6 Å². The molecule has 1 aromatic heterocycles. The largest absolute Gasteiger partial charge is 0.427 e. The maximum Gasteiger partial charge on any atom is 0.418 e. The summed E-state index contributed by atoms with van der Waals surface area (Å²) in [6.07, 6.45) is 2.68. The van der Waals surface area contributed by atoms with Crippen LogP contribution in [0, 0.1) is 5.95 Å². The first-order valence-corrected chi connectivity index (χ1v) is 11.8. The normalized spacial score (nSPS) is 24.8. The van der Waals surface area contributed by atoms with Gasteiger partial charge in [-0.2, -0.15) is 4.39 Å². The Balaban J connectivity index is 1.35. The molecular weight excluding hydrogens is 469 g/mol. The average Bonchev–Trinajstić information content (AvgIpc) is 3.49. The summed E-state index contributed by atoms with van der Waals surface area (Å²) in [4.78, 5) is 57.5. The van der Waals surface area contributed by atoms with E-state index in [1.54, 1.807) is 29.2 Å². The Morgan fingerprint density at radius 2 is 2.03 bits per heavy atom.